The first-order valence-corrected chi connectivity index (χ1v) is 15.8. The van der Waals surface area contributed by atoms with Crippen molar-refractivity contribution in [2.24, 2.45) is 5.92 Å². The van der Waals surface area contributed by atoms with Gasteiger partial charge in [-0.1, -0.05) is 109 Å². The first kappa shape index (κ1) is 27.9. The minimum absolute atomic E-state index is 0.687. The molecule has 1 aromatic heterocycles. The molecule has 1 saturated carbocycles. The fourth-order valence-corrected chi connectivity index (χ4v) is 6.24. The molecule has 1 aliphatic rings. The highest BCUT2D eigenvalue weighted by Crippen LogP contribution is 2.39. The van der Waals surface area contributed by atoms with E-state index in [0.29, 0.717) is 5.92 Å². The van der Waals surface area contributed by atoms with E-state index < -0.39 is 0 Å². The van der Waals surface area contributed by atoms with Crippen molar-refractivity contribution >= 4 is 11.1 Å². The molecule has 0 N–H and O–H groups in total. The predicted molar refractivity (Wildman–Crippen MR) is 159 cm³/mol. The van der Waals surface area contributed by atoms with Crippen LogP contribution in [0.25, 0.3) is 22.6 Å². The van der Waals surface area contributed by atoms with Crippen molar-refractivity contribution in [2.75, 3.05) is 0 Å². The molecule has 0 bridgehead atoms. The number of rotatable bonds is 16. The lowest BCUT2D eigenvalue weighted by Gasteiger charge is -2.28. The standard InChI is InChI=1S/C35H51NO/c1-3-5-7-9-11-13-15-28-17-21-30(22-18-28)32-25-26-34-33(27-32)36-35(37-34)31-23-19-29(20-24-31)16-14-12-10-8-6-4-2/h19-20,23-28,30H,3-18,21-22H2,1-2H3/t28-,30-. The fourth-order valence-electron chi connectivity index (χ4n) is 6.24. The Labute approximate surface area is 226 Å². The van der Waals surface area contributed by atoms with Crippen LogP contribution >= 0.6 is 0 Å². The largest absolute Gasteiger partial charge is 0.436 e. The molecule has 2 nitrogen and oxygen atoms in total. The molecular weight excluding hydrogens is 450 g/mol. The van der Waals surface area contributed by atoms with Crippen molar-refractivity contribution < 1.29 is 4.42 Å². The zero-order chi connectivity index (χ0) is 25.7. The van der Waals surface area contributed by atoms with Crippen molar-refractivity contribution in [1.29, 1.82) is 0 Å². The van der Waals surface area contributed by atoms with Crippen LogP contribution in [0.5, 0.6) is 0 Å². The molecule has 2 heteroatoms. The van der Waals surface area contributed by atoms with Gasteiger partial charge < -0.3 is 4.42 Å². The van der Waals surface area contributed by atoms with Gasteiger partial charge in [0.25, 0.3) is 0 Å². The maximum Gasteiger partial charge on any atom is 0.227 e. The van der Waals surface area contributed by atoms with E-state index >= 15 is 0 Å². The van der Waals surface area contributed by atoms with Crippen LogP contribution in [0.3, 0.4) is 0 Å². The molecule has 3 aromatic rings. The normalized spacial score (nSPS) is 18.0. The summed E-state index contributed by atoms with van der Waals surface area (Å²) in [5.74, 6) is 2.39. The van der Waals surface area contributed by atoms with Crippen LogP contribution in [0.2, 0.25) is 0 Å². The van der Waals surface area contributed by atoms with E-state index in [2.05, 4.69) is 56.3 Å². The summed E-state index contributed by atoms with van der Waals surface area (Å²) < 4.78 is 6.16. The number of aryl methyl sites for hydroxylation is 1. The van der Waals surface area contributed by atoms with Crippen LogP contribution in [0.15, 0.2) is 46.9 Å². The van der Waals surface area contributed by atoms with Gasteiger partial charge >= 0.3 is 0 Å². The zero-order valence-corrected chi connectivity index (χ0v) is 23.8. The summed E-state index contributed by atoms with van der Waals surface area (Å²) in [4.78, 5) is 4.89. The van der Waals surface area contributed by atoms with Gasteiger partial charge in [-0.25, -0.2) is 4.98 Å². The second-order valence-corrected chi connectivity index (χ2v) is 11.7. The SMILES string of the molecule is CCCCCCCCc1ccc(-c2nc3cc([C@H]4CC[C@H](CCCCCCCC)CC4)ccc3o2)cc1. The summed E-state index contributed by atoms with van der Waals surface area (Å²) in [6, 6.07) is 15.6. The Kier molecular flexibility index (Phi) is 11.6. The summed E-state index contributed by atoms with van der Waals surface area (Å²) in [6.45, 7) is 4.58. The number of hydrogen-bond donors (Lipinski definition) is 0. The second kappa shape index (κ2) is 15.4. The summed E-state index contributed by atoms with van der Waals surface area (Å²) in [5.41, 5.74) is 5.88. The lowest BCUT2D eigenvalue weighted by molar-refractivity contribution is 0.302. The Balaban J connectivity index is 1.25. The molecular formula is C35H51NO. The third-order valence-corrected chi connectivity index (χ3v) is 8.72. The molecule has 0 unspecified atom stereocenters. The first-order chi connectivity index (χ1) is 18.3. The van der Waals surface area contributed by atoms with Crippen molar-refractivity contribution in [3.8, 4) is 11.5 Å². The third-order valence-electron chi connectivity index (χ3n) is 8.72. The van der Waals surface area contributed by atoms with Gasteiger partial charge in [0.2, 0.25) is 5.89 Å². The molecule has 0 amide bonds. The van der Waals surface area contributed by atoms with Crippen LogP contribution in [0.4, 0.5) is 0 Å². The van der Waals surface area contributed by atoms with Crippen molar-refractivity contribution in [2.45, 2.75) is 135 Å². The van der Waals surface area contributed by atoms with E-state index in [1.807, 2.05) is 0 Å². The summed E-state index contributed by atoms with van der Waals surface area (Å²) in [5, 5.41) is 0. The summed E-state index contributed by atoms with van der Waals surface area (Å²) in [7, 11) is 0. The van der Waals surface area contributed by atoms with Crippen molar-refractivity contribution in [1.82, 2.24) is 4.98 Å². The molecule has 0 radical (unpaired) electrons. The van der Waals surface area contributed by atoms with Gasteiger partial charge in [-0.2, -0.15) is 0 Å². The van der Waals surface area contributed by atoms with E-state index in [0.717, 1.165) is 28.5 Å². The minimum atomic E-state index is 0.687. The molecule has 202 valence electrons. The predicted octanol–water partition coefficient (Wildman–Crippen LogP) is 11.4. The van der Waals surface area contributed by atoms with Crippen LogP contribution in [-0.4, -0.2) is 4.98 Å². The van der Waals surface area contributed by atoms with E-state index in [1.165, 1.54) is 127 Å². The average Bonchev–Trinajstić information content (AvgIpc) is 3.37. The lowest BCUT2D eigenvalue weighted by Crippen LogP contribution is -2.13. The van der Waals surface area contributed by atoms with Gasteiger partial charge in [-0.15, -0.1) is 0 Å². The van der Waals surface area contributed by atoms with E-state index in [-0.39, 0.29) is 0 Å². The summed E-state index contributed by atoms with van der Waals surface area (Å²) in [6.07, 6.45) is 24.6. The maximum atomic E-state index is 6.16. The van der Waals surface area contributed by atoms with Gasteiger partial charge in [0, 0.05) is 5.56 Å². The molecule has 0 atom stereocenters. The molecule has 1 fully saturated rings. The minimum Gasteiger partial charge on any atom is -0.436 e. The lowest BCUT2D eigenvalue weighted by atomic mass is 9.77. The zero-order valence-electron chi connectivity index (χ0n) is 23.8. The number of nitrogens with zero attached hydrogens (tertiary/aromatic N) is 1. The Bertz CT molecular complexity index is 1030. The van der Waals surface area contributed by atoms with Crippen molar-refractivity contribution in [3.63, 3.8) is 0 Å². The Morgan fingerprint density at radius 3 is 2.05 bits per heavy atom. The number of hydrogen-bond acceptors (Lipinski definition) is 2. The molecule has 0 saturated heterocycles. The number of unbranched alkanes of at least 4 members (excludes halogenated alkanes) is 10. The molecule has 37 heavy (non-hydrogen) atoms. The van der Waals surface area contributed by atoms with Gasteiger partial charge in [-0.3, -0.25) is 0 Å². The molecule has 1 heterocycles. The fraction of sp³-hybridized carbons (Fsp3) is 0.629. The Morgan fingerprint density at radius 2 is 1.35 bits per heavy atom. The number of aromatic nitrogens is 1. The van der Waals surface area contributed by atoms with E-state index in [9.17, 15) is 0 Å². The average molecular weight is 502 g/mol. The molecule has 0 spiro atoms. The monoisotopic (exact) mass is 501 g/mol. The Morgan fingerprint density at radius 1 is 0.703 bits per heavy atom. The second-order valence-electron chi connectivity index (χ2n) is 11.7. The van der Waals surface area contributed by atoms with Crippen molar-refractivity contribution in [3.05, 3.63) is 53.6 Å². The highest BCUT2D eigenvalue weighted by molar-refractivity contribution is 5.77. The highest BCUT2D eigenvalue weighted by atomic mass is 16.3. The van der Waals surface area contributed by atoms with E-state index in [1.54, 1.807) is 0 Å². The third kappa shape index (κ3) is 8.72. The maximum absolute atomic E-state index is 6.16. The van der Waals surface area contributed by atoms with Crippen LogP contribution < -0.4 is 0 Å². The van der Waals surface area contributed by atoms with Crippen LogP contribution in [-0.2, 0) is 6.42 Å². The topological polar surface area (TPSA) is 26.0 Å². The molecule has 0 aliphatic heterocycles. The number of fused-ring (bicyclic) bond motifs is 1. The number of benzene rings is 2. The van der Waals surface area contributed by atoms with Gasteiger partial charge in [0.1, 0.15) is 5.52 Å². The quantitative estimate of drug-likeness (QED) is 0.182. The molecule has 2 aromatic carbocycles. The molecule has 4 rings (SSSR count). The highest BCUT2D eigenvalue weighted by Gasteiger charge is 2.23. The number of oxazole rings is 1. The smallest absolute Gasteiger partial charge is 0.227 e. The van der Waals surface area contributed by atoms with E-state index in [4.69, 9.17) is 9.40 Å². The van der Waals surface area contributed by atoms with Gasteiger partial charge in [-0.05, 0) is 85.8 Å². The first-order valence-electron chi connectivity index (χ1n) is 15.8. The summed E-state index contributed by atoms with van der Waals surface area (Å²) >= 11 is 0. The molecule has 1 aliphatic carbocycles. The Hall–Kier alpha value is -2.09. The van der Waals surface area contributed by atoms with Crippen LogP contribution in [0, 0.1) is 5.92 Å². The van der Waals surface area contributed by atoms with Crippen LogP contribution in [0.1, 0.15) is 140 Å². The van der Waals surface area contributed by atoms with Gasteiger partial charge in [0.05, 0.1) is 0 Å². The van der Waals surface area contributed by atoms with Gasteiger partial charge in [0.15, 0.2) is 5.58 Å².